The molecular formula is C18H27NO3. The number of benzene rings is 1. The molecule has 1 atom stereocenters. The van der Waals surface area contributed by atoms with Gasteiger partial charge in [0.1, 0.15) is 5.75 Å². The number of rotatable bonds is 5. The fourth-order valence-electron chi connectivity index (χ4n) is 3.71. The third-order valence-electron chi connectivity index (χ3n) is 5.12. The molecule has 4 heteroatoms. The number of nitrogens with zero attached hydrogens (tertiary/aromatic N) is 1. The Morgan fingerprint density at radius 1 is 1.18 bits per heavy atom. The van der Waals surface area contributed by atoms with Crippen LogP contribution < -0.4 is 4.74 Å². The van der Waals surface area contributed by atoms with Crippen LogP contribution in [0.2, 0.25) is 0 Å². The Morgan fingerprint density at radius 2 is 1.91 bits per heavy atom. The molecule has 0 N–H and O–H groups in total. The third kappa shape index (κ3) is 3.62. The lowest BCUT2D eigenvalue weighted by Gasteiger charge is -2.38. The first kappa shape index (κ1) is 15.8. The first-order chi connectivity index (χ1) is 10.7. The van der Waals surface area contributed by atoms with E-state index in [1.165, 1.54) is 18.4 Å². The molecule has 0 aromatic heterocycles. The van der Waals surface area contributed by atoms with Crippen molar-refractivity contribution in [3.05, 3.63) is 29.8 Å². The zero-order chi connectivity index (χ0) is 15.4. The minimum absolute atomic E-state index is 0.304. The summed E-state index contributed by atoms with van der Waals surface area (Å²) in [5.41, 5.74) is 1.76. The summed E-state index contributed by atoms with van der Waals surface area (Å²) >= 11 is 0. The molecule has 4 nitrogen and oxygen atoms in total. The van der Waals surface area contributed by atoms with Gasteiger partial charge >= 0.3 is 0 Å². The van der Waals surface area contributed by atoms with Gasteiger partial charge in [-0.15, -0.1) is 0 Å². The van der Waals surface area contributed by atoms with Crippen LogP contribution in [-0.4, -0.2) is 51.5 Å². The highest BCUT2D eigenvalue weighted by Crippen LogP contribution is 2.42. The van der Waals surface area contributed by atoms with Gasteiger partial charge in [0, 0.05) is 13.7 Å². The van der Waals surface area contributed by atoms with Crippen molar-refractivity contribution in [3.63, 3.8) is 0 Å². The topological polar surface area (TPSA) is 30.9 Å². The summed E-state index contributed by atoms with van der Waals surface area (Å²) < 4.78 is 16.4. The SMILES string of the molecule is COC[C@H]1CC2(CCN(Cc3ccc(OC)cc3)CC2)CO1. The maximum absolute atomic E-state index is 5.91. The van der Waals surface area contributed by atoms with Crippen molar-refractivity contribution in [2.45, 2.75) is 31.9 Å². The lowest BCUT2D eigenvalue weighted by molar-refractivity contribution is 0.0284. The summed E-state index contributed by atoms with van der Waals surface area (Å²) in [5, 5.41) is 0. The summed E-state index contributed by atoms with van der Waals surface area (Å²) in [4.78, 5) is 2.55. The van der Waals surface area contributed by atoms with Gasteiger partial charge in [0.25, 0.3) is 0 Å². The van der Waals surface area contributed by atoms with Gasteiger partial charge < -0.3 is 14.2 Å². The van der Waals surface area contributed by atoms with E-state index in [4.69, 9.17) is 14.2 Å². The minimum atomic E-state index is 0.304. The highest BCUT2D eigenvalue weighted by Gasteiger charge is 2.42. The molecular weight excluding hydrogens is 278 g/mol. The average Bonchev–Trinajstić information content (AvgIpc) is 2.94. The van der Waals surface area contributed by atoms with Crippen LogP contribution in [0.1, 0.15) is 24.8 Å². The molecule has 0 unspecified atom stereocenters. The molecule has 2 aliphatic heterocycles. The summed E-state index contributed by atoms with van der Waals surface area (Å²) in [5.74, 6) is 0.925. The molecule has 0 saturated carbocycles. The molecule has 3 rings (SSSR count). The zero-order valence-corrected chi connectivity index (χ0v) is 13.7. The smallest absolute Gasteiger partial charge is 0.118 e. The van der Waals surface area contributed by atoms with Crippen LogP contribution in [0.5, 0.6) is 5.75 Å². The number of piperidine rings is 1. The van der Waals surface area contributed by atoms with Gasteiger partial charge in [0.15, 0.2) is 0 Å². The summed E-state index contributed by atoms with van der Waals surface area (Å²) in [6.07, 6.45) is 3.95. The molecule has 0 radical (unpaired) electrons. The molecule has 0 amide bonds. The van der Waals surface area contributed by atoms with Crippen LogP contribution in [-0.2, 0) is 16.0 Å². The molecule has 2 aliphatic rings. The maximum atomic E-state index is 5.91. The van der Waals surface area contributed by atoms with Crippen LogP contribution in [0.4, 0.5) is 0 Å². The molecule has 1 aromatic carbocycles. The quantitative estimate of drug-likeness (QED) is 0.837. The molecule has 2 saturated heterocycles. The van der Waals surface area contributed by atoms with E-state index >= 15 is 0 Å². The summed E-state index contributed by atoms with van der Waals surface area (Å²) in [6, 6.07) is 8.41. The van der Waals surface area contributed by atoms with E-state index < -0.39 is 0 Å². The second-order valence-corrected chi connectivity index (χ2v) is 6.72. The van der Waals surface area contributed by atoms with Crippen LogP contribution in [0.15, 0.2) is 24.3 Å². The van der Waals surface area contributed by atoms with Crippen LogP contribution >= 0.6 is 0 Å². The van der Waals surface area contributed by atoms with Crippen molar-refractivity contribution >= 4 is 0 Å². The third-order valence-corrected chi connectivity index (χ3v) is 5.12. The number of hydrogen-bond donors (Lipinski definition) is 0. The van der Waals surface area contributed by atoms with E-state index in [0.29, 0.717) is 11.5 Å². The Hall–Kier alpha value is -1.10. The Labute approximate surface area is 133 Å². The number of methoxy groups -OCH3 is 2. The molecule has 122 valence electrons. The second kappa shape index (κ2) is 6.99. The summed E-state index contributed by atoms with van der Waals surface area (Å²) in [6.45, 7) is 5.00. The molecule has 22 heavy (non-hydrogen) atoms. The minimum Gasteiger partial charge on any atom is -0.497 e. The molecule has 1 spiro atoms. The normalized spacial score (nSPS) is 24.7. The lowest BCUT2D eigenvalue weighted by Crippen LogP contribution is -2.40. The van der Waals surface area contributed by atoms with Crippen molar-refractivity contribution in [1.29, 1.82) is 0 Å². The largest absolute Gasteiger partial charge is 0.497 e. The highest BCUT2D eigenvalue weighted by molar-refractivity contribution is 5.27. The van der Waals surface area contributed by atoms with Crippen LogP contribution in [0.3, 0.4) is 0 Å². The van der Waals surface area contributed by atoms with Crippen molar-refractivity contribution in [1.82, 2.24) is 4.90 Å². The molecule has 2 heterocycles. The highest BCUT2D eigenvalue weighted by atomic mass is 16.5. The van der Waals surface area contributed by atoms with E-state index in [-0.39, 0.29) is 0 Å². The Bertz CT molecular complexity index is 466. The fraction of sp³-hybridized carbons (Fsp3) is 0.667. The monoisotopic (exact) mass is 305 g/mol. The Balaban J connectivity index is 1.49. The standard InChI is InChI=1S/C18H27NO3/c1-20-13-17-11-18(14-22-17)7-9-19(10-8-18)12-15-3-5-16(21-2)6-4-15/h3-6,17H,7-14H2,1-2H3/t17-/m1/s1. The van der Waals surface area contributed by atoms with Gasteiger partial charge in [-0.1, -0.05) is 12.1 Å². The molecule has 0 bridgehead atoms. The first-order valence-corrected chi connectivity index (χ1v) is 8.19. The Morgan fingerprint density at radius 3 is 2.55 bits per heavy atom. The maximum Gasteiger partial charge on any atom is 0.118 e. The average molecular weight is 305 g/mol. The van der Waals surface area contributed by atoms with E-state index in [1.54, 1.807) is 14.2 Å². The number of hydrogen-bond acceptors (Lipinski definition) is 4. The van der Waals surface area contributed by atoms with Crippen molar-refractivity contribution in [2.24, 2.45) is 5.41 Å². The molecule has 1 aromatic rings. The van der Waals surface area contributed by atoms with E-state index in [0.717, 1.165) is 45.0 Å². The van der Waals surface area contributed by atoms with Gasteiger partial charge in [-0.2, -0.15) is 0 Å². The van der Waals surface area contributed by atoms with Crippen LogP contribution in [0.25, 0.3) is 0 Å². The lowest BCUT2D eigenvalue weighted by atomic mass is 9.76. The summed E-state index contributed by atoms with van der Waals surface area (Å²) in [7, 11) is 3.46. The molecule has 2 fully saturated rings. The van der Waals surface area contributed by atoms with E-state index in [9.17, 15) is 0 Å². The van der Waals surface area contributed by atoms with Gasteiger partial charge in [-0.25, -0.2) is 0 Å². The van der Waals surface area contributed by atoms with Gasteiger partial charge in [-0.3, -0.25) is 4.90 Å². The first-order valence-electron chi connectivity index (χ1n) is 8.19. The van der Waals surface area contributed by atoms with Gasteiger partial charge in [0.2, 0.25) is 0 Å². The number of likely N-dealkylation sites (tertiary alicyclic amines) is 1. The predicted molar refractivity (Wildman–Crippen MR) is 86.2 cm³/mol. The van der Waals surface area contributed by atoms with E-state index in [2.05, 4.69) is 17.0 Å². The van der Waals surface area contributed by atoms with Crippen molar-refractivity contribution in [2.75, 3.05) is 40.5 Å². The van der Waals surface area contributed by atoms with Gasteiger partial charge in [0.05, 0.1) is 26.4 Å². The van der Waals surface area contributed by atoms with Gasteiger partial charge in [-0.05, 0) is 55.5 Å². The predicted octanol–water partition coefficient (Wildman–Crippen LogP) is 2.71. The number of ether oxygens (including phenoxy) is 3. The van der Waals surface area contributed by atoms with Crippen molar-refractivity contribution < 1.29 is 14.2 Å². The zero-order valence-electron chi connectivity index (χ0n) is 13.7. The Kier molecular flexibility index (Phi) is 5.01. The fourth-order valence-corrected chi connectivity index (χ4v) is 3.71. The molecule has 0 aliphatic carbocycles. The second-order valence-electron chi connectivity index (χ2n) is 6.72. The van der Waals surface area contributed by atoms with E-state index in [1.807, 2.05) is 12.1 Å². The van der Waals surface area contributed by atoms with Crippen LogP contribution in [0, 0.1) is 5.41 Å². The van der Waals surface area contributed by atoms with Crippen molar-refractivity contribution in [3.8, 4) is 5.75 Å².